The molecule has 1 aliphatic rings. The highest BCUT2D eigenvalue weighted by molar-refractivity contribution is 7.99. The van der Waals surface area contributed by atoms with E-state index in [1.54, 1.807) is 6.33 Å². The van der Waals surface area contributed by atoms with E-state index in [0.717, 1.165) is 42.5 Å². The van der Waals surface area contributed by atoms with Gasteiger partial charge in [-0.15, -0.1) is 10.2 Å². The molecule has 0 radical (unpaired) electrons. The lowest BCUT2D eigenvalue weighted by Crippen LogP contribution is -2.44. The maximum absolute atomic E-state index is 12.9. The lowest BCUT2D eigenvalue weighted by Gasteiger charge is -2.33. The largest absolute Gasteiger partial charge is 0.347 e. The van der Waals surface area contributed by atoms with E-state index in [2.05, 4.69) is 20.4 Å². The first-order valence-corrected chi connectivity index (χ1v) is 9.46. The van der Waals surface area contributed by atoms with Crippen molar-refractivity contribution in [1.82, 2.24) is 25.0 Å². The molecule has 1 N–H and O–H groups in total. The summed E-state index contributed by atoms with van der Waals surface area (Å²) in [5.74, 6) is 2.95. The van der Waals surface area contributed by atoms with Crippen molar-refractivity contribution in [2.75, 3.05) is 24.6 Å². The van der Waals surface area contributed by atoms with Crippen molar-refractivity contribution in [1.29, 1.82) is 0 Å². The van der Waals surface area contributed by atoms with Crippen molar-refractivity contribution < 1.29 is 4.79 Å². The van der Waals surface area contributed by atoms with Crippen molar-refractivity contribution in [3.8, 4) is 0 Å². The summed E-state index contributed by atoms with van der Waals surface area (Å²) in [5.41, 5.74) is 1.04. The maximum atomic E-state index is 12.9. The molecule has 1 amide bonds. The molecule has 0 spiro atoms. The zero-order valence-electron chi connectivity index (χ0n) is 13.9. The van der Waals surface area contributed by atoms with Crippen LogP contribution < -0.4 is 5.32 Å². The van der Waals surface area contributed by atoms with Gasteiger partial charge in [-0.05, 0) is 12.5 Å². The lowest BCUT2D eigenvalue weighted by molar-refractivity contribution is -0.126. The van der Waals surface area contributed by atoms with Gasteiger partial charge in [-0.3, -0.25) is 9.69 Å². The fraction of sp³-hybridized carbons (Fsp3) is 0.471. The number of hydrogen-bond acceptors (Lipinski definition) is 5. The second-order valence-electron chi connectivity index (χ2n) is 5.71. The van der Waals surface area contributed by atoms with E-state index in [-0.39, 0.29) is 11.9 Å². The van der Waals surface area contributed by atoms with Crippen LogP contribution in [0.1, 0.15) is 24.4 Å². The molecule has 7 heteroatoms. The molecule has 1 atom stereocenters. The standard InChI is InChI=1S/C17H23N5OS/c1-2-21-13-19-20-15(21)12-18-17(23)16(14-6-4-3-5-7-14)22-8-10-24-11-9-22/h3-7,13,16H,2,8-12H2,1H3,(H,18,23)/t16-/m0/s1. The van der Waals surface area contributed by atoms with Crippen molar-refractivity contribution in [2.24, 2.45) is 0 Å². The van der Waals surface area contributed by atoms with Crippen LogP contribution in [0, 0.1) is 0 Å². The number of carbonyl (C=O) groups excluding carboxylic acids is 1. The lowest BCUT2D eigenvalue weighted by atomic mass is 10.0. The minimum absolute atomic E-state index is 0.0266. The van der Waals surface area contributed by atoms with Crippen molar-refractivity contribution in [3.63, 3.8) is 0 Å². The number of thioether (sulfide) groups is 1. The summed E-state index contributed by atoms with van der Waals surface area (Å²) in [5, 5.41) is 11.0. The second-order valence-corrected chi connectivity index (χ2v) is 6.94. The zero-order valence-corrected chi connectivity index (χ0v) is 14.7. The number of benzene rings is 1. The van der Waals surface area contributed by atoms with Crippen molar-refractivity contribution in [3.05, 3.63) is 48.0 Å². The molecule has 24 heavy (non-hydrogen) atoms. The van der Waals surface area contributed by atoms with E-state index in [1.807, 2.05) is 53.6 Å². The predicted octanol–water partition coefficient (Wildman–Crippen LogP) is 1.70. The van der Waals surface area contributed by atoms with Gasteiger partial charge < -0.3 is 9.88 Å². The normalized spacial score (nSPS) is 16.7. The van der Waals surface area contributed by atoms with Gasteiger partial charge in [-0.2, -0.15) is 11.8 Å². The van der Waals surface area contributed by atoms with Gasteiger partial charge in [0.05, 0.1) is 6.54 Å². The minimum Gasteiger partial charge on any atom is -0.347 e. The smallest absolute Gasteiger partial charge is 0.242 e. The van der Waals surface area contributed by atoms with E-state index < -0.39 is 0 Å². The van der Waals surface area contributed by atoms with Crippen LogP contribution in [-0.4, -0.2) is 50.2 Å². The molecule has 0 saturated carbocycles. The van der Waals surface area contributed by atoms with Crippen LogP contribution in [0.3, 0.4) is 0 Å². The molecule has 2 aromatic rings. The van der Waals surface area contributed by atoms with Crippen LogP contribution >= 0.6 is 11.8 Å². The third-order valence-electron chi connectivity index (χ3n) is 4.23. The van der Waals surface area contributed by atoms with E-state index in [9.17, 15) is 4.79 Å². The van der Waals surface area contributed by atoms with Gasteiger partial charge in [-0.1, -0.05) is 30.3 Å². The van der Waals surface area contributed by atoms with Crippen LogP contribution in [0.2, 0.25) is 0 Å². The summed E-state index contributed by atoms with van der Waals surface area (Å²) >= 11 is 1.94. The van der Waals surface area contributed by atoms with Gasteiger partial charge in [-0.25, -0.2) is 0 Å². The summed E-state index contributed by atoms with van der Waals surface area (Å²) in [6.45, 7) is 5.10. The summed E-state index contributed by atoms with van der Waals surface area (Å²) in [7, 11) is 0. The Morgan fingerprint density at radius 1 is 1.29 bits per heavy atom. The van der Waals surface area contributed by atoms with Gasteiger partial charge in [0.25, 0.3) is 0 Å². The summed E-state index contributed by atoms with van der Waals surface area (Å²) in [6, 6.07) is 9.77. The Labute approximate surface area is 146 Å². The Morgan fingerprint density at radius 2 is 2.04 bits per heavy atom. The van der Waals surface area contributed by atoms with Crippen molar-refractivity contribution in [2.45, 2.75) is 26.1 Å². The number of aromatic nitrogens is 3. The molecule has 0 aliphatic carbocycles. The molecule has 1 aromatic carbocycles. The quantitative estimate of drug-likeness (QED) is 0.863. The average molecular weight is 345 g/mol. The summed E-state index contributed by atoms with van der Waals surface area (Å²) in [6.07, 6.45) is 1.69. The number of nitrogens with one attached hydrogen (secondary N) is 1. The number of nitrogens with zero attached hydrogens (tertiary/aromatic N) is 4. The Morgan fingerprint density at radius 3 is 2.75 bits per heavy atom. The fourth-order valence-corrected chi connectivity index (χ4v) is 3.87. The third-order valence-corrected chi connectivity index (χ3v) is 5.17. The van der Waals surface area contributed by atoms with Gasteiger partial charge >= 0.3 is 0 Å². The minimum atomic E-state index is -0.245. The molecule has 2 heterocycles. The average Bonchev–Trinajstić information content (AvgIpc) is 3.09. The topological polar surface area (TPSA) is 63.1 Å². The highest BCUT2D eigenvalue weighted by atomic mass is 32.2. The maximum Gasteiger partial charge on any atom is 0.242 e. The molecule has 1 fully saturated rings. The van der Waals surface area contributed by atoms with Crippen LogP contribution in [0.4, 0.5) is 0 Å². The molecular formula is C17H23N5OS. The van der Waals surface area contributed by atoms with Gasteiger partial charge in [0, 0.05) is 31.1 Å². The van der Waals surface area contributed by atoms with Gasteiger partial charge in [0.2, 0.25) is 5.91 Å². The summed E-state index contributed by atoms with van der Waals surface area (Å²) in [4.78, 5) is 15.2. The van der Waals surface area contributed by atoms with E-state index >= 15 is 0 Å². The van der Waals surface area contributed by atoms with E-state index in [4.69, 9.17) is 0 Å². The molecule has 6 nitrogen and oxygen atoms in total. The number of carbonyl (C=O) groups is 1. The van der Waals surface area contributed by atoms with Gasteiger partial charge in [0.1, 0.15) is 12.4 Å². The Balaban J connectivity index is 1.73. The first kappa shape index (κ1) is 17.0. The second kappa shape index (κ2) is 8.30. The first-order valence-electron chi connectivity index (χ1n) is 8.30. The van der Waals surface area contributed by atoms with E-state index in [1.165, 1.54) is 0 Å². The van der Waals surface area contributed by atoms with E-state index in [0.29, 0.717) is 6.54 Å². The SMILES string of the molecule is CCn1cnnc1CNC(=O)[C@H](c1ccccc1)N1CCSCC1. The van der Waals surface area contributed by atoms with Crippen LogP contribution in [0.25, 0.3) is 0 Å². The number of aryl methyl sites for hydroxylation is 1. The Kier molecular flexibility index (Phi) is 5.87. The molecule has 1 aromatic heterocycles. The predicted molar refractivity (Wildman–Crippen MR) is 95.6 cm³/mol. The zero-order chi connectivity index (χ0) is 16.8. The van der Waals surface area contributed by atoms with Crippen LogP contribution in [0.5, 0.6) is 0 Å². The first-order chi connectivity index (χ1) is 11.8. The number of rotatable bonds is 6. The Bertz CT molecular complexity index is 654. The molecule has 0 bridgehead atoms. The number of hydrogen-bond donors (Lipinski definition) is 1. The van der Waals surface area contributed by atoms with Gasteiger partial charge in [0.15, 0.2) is 5.82 Å². The van der Waals surface area contributed by atoms with Crippen molar-refractivity contribution >= 4 is 17.7 Å². The molecule has 1 aliphatic heterocycles. The Hall–Kier alpha value is -1.86. The molecule has 0 unspecified atom stereocenters. The molecular weight excluding hydrogens is 322 g/mol. The van der Waals surface area contributed by atoms with Crippen LogP contribution in [0.15, 0.2) is 36.7 Å². The highest BCUT2D eigenvalue weighted by Gasteiger charge is 2.28. The fourth-order valence-electron chi connectivity index (χ4n) is 2.94. The molecule has 3 rings (SSSR count). The number of amides is 1. The molecule has 1 saturated heterocycles. The molecule has 128 valence electrons. The third kappa shape index (κ3) is 3.96. The van der Waals surface area contributed by atoms with Crippen LogP contribution in [-0.2, 0) is 17.9 Å². The highest BCUT2D eigenvalue weighted by Crippen LogP contribution is 2.24. The monoisotopic (exact) mass is 345 g/mol. The summed E-state index contributed by atoms with van der Waals surface area (Å²) < 4.78 is 1.94.